The first kappa shape index (κ1) is 32.8. The topological polar surface area (TPSA) is 142 Å². The van der Waals surface area contributed by atoms with Crippen molar-refractivity contribution in [1.82, 2.24) is 10.6 Å². The summed E-state index contributed by atoms with van der Waals surface area (Å²) in [7, 11) is 0. The second kappa shape index (κ2) is 18.1. The molecule has 11 nitrogen and oxygen atoms in total. The fraction of sp³-hybridized carbons (Fsp3) is 0.773. The number of rotatable bonds is 12. The van der Waals surface area contributed by atoms with Crippen LogP contribution in [-0.4, -0.2) is 87.2 Å². The molecule has 0 spiro atoms. The van der Waals surface area contributed by atoms with Gasteiger partial charge in [0.25, 0.3) is 0 Å². The third-order valence-corrected chi connectivity index (χ3v) is 2.87. The highest BCUT2D eigenvalue weighted by atomic mass is 16.6. The van der Waals surface area contributed by atoms with Gasteiger partial charge >= 0.3 is 18.2 Å². The Balaban J connectivity index is 0. The number of aliphatic hydroxyl groups is 1. The van der Waals surface area contributed by atoms with Gasteiger partial charge in [-0.2, -0.15) is 0 Å². The molecule has 0 saturated carbocycles. The average molecular weight is 479 g/mol. The van der Waals surface area contributed by atoms with Crippen LogP contribution in [0.25, 0.3) is 0 Å². The summed E-state index contributed by atoms with van der Waals surface area (Å²) >= 11 is 0. The quantitative estimate of drug-likeness (QED) is 0.166. The normalized spacial score (nSPS) is 10.9. The Morgan fingerprint density at radius 2 is 1.18 bits per heavy atom. The van der Waals surface area contributed by atoms with E-state index in [2.05, 4.69) is 17.2 Å². The van der Waals surface area contributed by atoms with Crippen molar-refractivity contribution in [3.05, 3.63) is 12.2 Å². The Morgan fingerprint density at radius 1 is 0.758 bits per heavy atom. The second-order valence-electron chi connectivity index (χ2n) is 8.72. The lowest BCUT2D eigenvalue weighted by Gasteiger charge is -2.19. The number of hydrogen-bond donors (Lipinski definition) is 3. The van der Waals surface area contributed by atoms with Gasteiger partial charge in [-0.15, -0.1) is 0 Å². The Kier molecular flexibility index (Phi) is 18.0. The molecule has 0 bridgehead atoms. The Morgan fingerprint density at radius 3 is 1.55 bits per heavy atom. The van der Waals surface area contributed by atoms with E-state index < -0.39 is 29.4 Å². The number of aliphatic hydroxyl groups excluding tert-OH is 1. The SMILES string of the molecule is C=C(C)C(=O)OCCOCCNC(=O)OC(C)(C)C.CC(C)(C)OC(=O)NCCOCCO. The molecule has 33 heavy (non-hydrogen) atoms. The maximum absolute atomic E-state index is 11.2. The van der Waals surface area contributed by atoms with Crippen LogP contribution in [0.15, 0.2) is 12.2 Å². The number of hydrogen-bond acceptors (Lipinski definition) is 9. The van der Waals surface area contributed by atoms with E-state index in [1.54, 1.807) is 48.5 Å². The van der Waals surface area contributed by atoms with Crippen molar-refractivity contribution in [2.24, 2.45) is 0 Å². The number of esters is 1. The monoisotopic (exact) mass is 478 g/mol. The molecular weight excluding hydrogens is 436 g/mol. The summed E-state index contributed by atoms with van der Waals surface area (Å²) < 4.78 is 25.0. The van der Waals surface area contributed by atoms with Crippen LogP contribution in [-0.2, 0) is 28.5 Å². The molecule has 0 aliphatic rings. The number of alkyl carbamates (subject to hydrolysis) is 2. The zero-order valence-corrected chi connectivity index (χ0v) is 21.1. The molecule has 0 rings (SSSR count). The van der Waals surface area contributed by atoms with Crippen LogP contribution in [0.4, 0.5) is 9.59 Å². The predicted octanol–water partition coefficient (Wildman–Crippen LogP) is 2.17. The Hall–Kier alpha value is -2.37. The van der Waals surface area contributed by atoms with Gasteiger partial charge < -0.3 is 39.4 Å². The zero-order chi connectivity index (χ0) is 25.9. The number of carbonyl (C=O) groups is 3. The Bertz CT molecular complexity index is 581. The highest BCUT2D eigenvalue weighted by Gasteiger charge is 2.16. The van der Waals surface area contributed by atoms with Crippen LogP contribution in [0.2, 0.25) is 0 Å². The Labute approximate surface area is 197 Å². The molecule has 0 radical (unpaired) electrons. The standard InChI is InChI=1S/C13H23NO5.C9H19NO4/c1-10(2)11(15)18-9-8-17-7-6-14-12(16)19-13(3,4)5;1-9(2,3)14-8(12)10-4-6-13-7-5-11/h1,6-9H2,2-5H3,(H,14,16);11H,4-7H2,1-3H3,(H,10,12). The molecule has 0 aromatic rings. The van der Waals surface area contributed by atoms with Crippen LogP contribution >= 0.6 is 0 Å². The first-order valence-electron chi connectivity index (χ1n) is 10.7. The van der Waals surface area contributed by atoms with Gasteiger partial charge in [0.05, 0.1) is 33.0 Å². The summed E-state index contributed by atoms with van der Waals surface area (Å²) in [5.41, 5.74) is -0.635. The summed E-state index contributed by atoms with van der Waals surface area (Å²) in [5.74, 6) is -0.435. The van der Waals surface area contributed by atoms with Gasteiger partial charge in [0, 0.05) is 18.7 Å². The molecule has 11 heteroatoms. The van der Waals surface area contributed by atoms with E-state index in [9.17, 15) is 14.4 Å². The number of amides is 2. The van der Waals surface area contributed by atoms with E-state index in [1.807, 2.05) is 0 Å². The molecule has 0 aliphatic heterocycles. The summed E-state index contributed by atoms with van der Waals surface area (Å²) in [4.78, 5) is 33.3. The summed E-state index contributed by atoms with van der Waals surface area (Å²) in [6.45, 7) is 17.9. The molecule has 3 N–H and O–H groups in total. The second-order valence-corrected chi connectivity index (χ2v) is 8.72. The minimum Gasteiger partial charge on any atom is -0.460 e. The molecule has 0 atom stereocenters. The zero-order valence-electron chi connectivity index (χ0n) is 21.1. The molecule has 0 unspecified atom stereocenters. The van der Waals surface area contributed by atoms with Crippen LogP contribution in [0.1, 0.15) is 48.5 Å². The smallest absolute Gasteiger partial charge is 0.407 e. The molecular formula is C22H42N2O9. The van der Waals surface area contributed by atoms with Crippen LogP contribution in [0.3, 0.4) is 0 Å². The third kappa shape index (κ3) is 27.6. The summed E-state index contributed by atoms with van der Waals surface area (Å²) in [6, 6.07) is 0. The van der Waals surface area contributed by atoms with Crippen molar-refractivity contribution in [2.45, 2.75) is 59.7 Å². The van der Waals surface area contributed by atoms with Crippen molar-refractivity contribution in [3.63, 3.8) is 0 Å². The van der Waals surface area contributed by atoms with Gasteiger partial charge in [0.15, 0.2) is 0 Å². The van der Waals surface area contributed by atoms with E-state index >= 15 is 0 Å². The third-order valence-electron chi connectivity index (χ3n) is 2.87. The fourth-order valence-electron chi connectivity index (χ4n) is 1.66. The molecule has 0 saturated heterocycles. The van der Waals surface area contributed by atoms with Crippen LogP contribution in [0, 0.1) is 0 Å². The van der Waals surface area contributed by atoms with Gasteiger partial charge in [-0.3, -0.25) is 0 Å². The molecule has 0 fully saturated rings. The number of ether oxygens (including phenoxy) is 5. The minimum atomic E-state index is -0.512. The lowest BCUT2D eigenvalue weighted by molar-refractivity contribution is -0.140. The van der Waals surface area contributed by atoms with Crippen molar-refractivity contribution in [1.29, 1.82) is 0 Å². The van der Waals surface area contributed by atoms with Crippen molar-refractivity contribution in [2.75, 3.05) is 52.7 Å². The molecule has 0 aliphatic carbocycles. The predicted molar refractivity (Wildman–Crippen MR) is 123 cm³/mol. The van der Waals surface area contributed by atoms with Crippen LogP contribution < -0.4 is 10.6 Å². The first-order chi connectivity index (χ1) is 15.2. The van der Waals surface area contributed by atoms with Gasteiger partial charge in [-0.05, 0) is 48.5 Å². The highest BCUT2D eigenvalue weighted by molar-refractivity contribution is 5.86. The fourth-order valence-corrected chi connectivity index (χ4v) is 1.66. The maximum Gasteiger partial charge on any atom is 0.407 e. The van der Waals surface area contributed by atoms with E-state index in [0.29, 0.717) is 31.9 Å². The molecule has 0 heterocycles. The lowest BCUT2D eigenvalue weighted by atomic mass is 10.2. The molecule has 194 valence electrons. The van der Waals surface area contributed by atoms with Crippen molar-refractivity contribution < 1.29 is 43.2 Å². The molecule has 0 aromatic heterocycles. The van der Waals surface area contributed by atoms with E-state index in [1.165, 1.54) is 0 Å². The lowest BCUT2D eigenvalue weighted by Crippen LogP contribution is -2.34. The number of nitrogens with one attached hydrogen (secondary N) is 2. The molecule has 2 amide bonds. The van der Waals surface area contributed by atoms with Crippen molar-refractivity contribution in [3.8, 4) is 0 Å². The van der Waals surface area contributed by atoms with Crippen molar-refractivity contribution >= 4 is 18.2 Å². The maximum atomic E-state index is 11.2. The van der Waals surface area contributed by atoms with Gasteiger partial charge in [-0.25, -0.2) is 14.4 Å². The summed E-state index contributed by atoms with van der Waals surface area (Å²) in [6.07, 6.45) is -0.935. The van der Waals surface area contributed by atoms with Gasteiger partial charge in [0.1, 0.15) is 17.8 Å². The highest BCUT2D eigenvalue weighted by Crippen LogP contribution is 2.06. The van der Waals surface area contributed by atoms with Crippen LogP contribution in [0.5, 0.6) is 0 Å². The summed E-state index contributed by atoms with van der Waals surface area (Å²) in [5, 5.41) is 13.5. The van der Waals surface area contributed by atoms with Gasteiger partial charge in [0.2, 0.25) is 0 Å². The van der Waals surface area contributed by atoms with Gasteiger partial charge in [-0.1, -0.05) is 6.58 Å². The minimum absolute atomic E-state index is 0.00750. The first-order valence-corrected chi connectivity index (χ1v) is 10.7. The largest absolute Gasteiger partial charge is 0.460 e. The van der Waals surface area contributed by atoms with E-state index in [4.69, 9.17) is 28.8 Å². The average Bonchev–Trinajstić information content (AvgIpc) is 2.64. The number of carbonyl (C=O) groups excluding carboxylic acids is 3. The van der Waals surface area contributed by atoms with E-state index in [0.717, 1.165) is 0 Å². The molecule has 0 aromatic carbocycles. The van der Waals surface area contributed by atoms with E-state index in [-0.39, 0.29) is 26.4 Å².